The van der Waals surface area contributed by atoms with Gasteiger partial charge in [0.25, 0.3) is 0 Å². The summed E-state index contributed by atoms with van der Waals surface area (Å²) in [5.74, 6) is 0.742. The van der Waals surface area contributed by atoms with Crippen LogP contribution in [0.4, 0.5) is 5.82 Å². The molecule has 3 atom stereocenters. The van der Waals surface area contributed by atoms with Crippen molar-refractivity contribution >= 4 is 17.6 Å². The molecule has 3 rings (SSSR count). The van der Waals surface area contributed by atoms with Crippen molar-refractivity contribution in [3.05, 3.63) is 59.3 Å². The van der Waals surface area contributed by atoms with Gasteiger partial charge in [-0.25, -0.2) is 4.98 Å². The molecule has 1 fully saturated rings. The van der Waals surface area contributed by atoms with Gasteiger partial charge in [0.1, 0.15) is 11.9 Å². The Labute approximate surface area is 178 Å². The number of aromatic nitrogens is 1. The smallest absolute Gasteiger partial charge is 0.242 e. The van der Waals surface area contributed by atoms with Gasteiger partial charge < -0.3 is 16.4 Å². The van der Waals surface area contributed by atoms with Crippen LogP contribution in [0.2, 0.25) is 0 Å². The van der Waals surface area contributed by atoms with E-state index in [1.165, 1.54) is 5.56 Å². The fraction of sp³-hybridized carbons (Fsp3) is 0.458. The Balaban J connectivity index is 1.47. The maximum Gasteiger partial charge on any atom is 0.242 e. The molecule has 1 aromatic heterocycles. The molecule has 0 saturated heterocycles. The minimum Gasteiger partial charge on any atom is -0.384 e. The molecule has 1 saturated carbocycles. The van der Waals surface area contributed by atoms with Crippen molar-refractivity contribution in [2.45, 2.75) is 58.5 Å². The van der Waals surface area contributed by atoms with Crippen molar-refractivity contribution < 1.29 is 9.59 Å². The van der Waals surface area contributed by atoms with Crippen molar-refractivity contribution in [1.82, 2.24) is 15.6 Å². The third kappa shape index (κ3) is 6.05. The Morgan fingerprint density at radius 3 is 2.67 bits per heavy atom. The number of amides is 2. The van der Waals surface area contributed by atoms with Crippen LogP contribution in [0, 0.1) is 18.8 Å². The van der Waals surface area contributed by atoms with Gasteiger partial charge in [-0.15, -0.1) is 0 Å². The number of nitrogens with two attached hydrogens (primary N) is 1. The van der Waals surface area contributed by atoms with Crippen LogP contribution in [0.5, 0.6) is 0 Å². The number of nitrogen functional groups attached to an aromatic ring is 1. The first-order chi connectivity index (χ1) is 14.4. The summed E-state index contributed by atoms with van der Waals surface area (Å²) in [5.41, 5.74) is 8.69. The number of hydrogen-bond acceptors (Lipinski definition) is 4. The Morgan fingerprint density at radius 1 is 1.17 bits per heavy atom. The summed E-state index contributed by atoms with van der Waals surface area (Å²) in [6.45, 7) is 3.95. The van der Waals surface area contributed by atoms with E-state index in [0.29, 0.717) is 18.3 Å². The maximum atomic E-state index is 12.8. The van der Waals surface area contributed by atoms with Crippen molar-refractivity contribution in [2.24, 2.45) is 11.8 Å². The number of pyridine rings is 1. The van der Waals surface area contributed by atoms with Gasteiger partial charge in [0.2, 0.25) is 11.8 Å². The Kier molecular flexibility index (Phi) is 7.44. The highest BCUT2D eigenvalue weighted by Crippen LogP contribution is 2.31. The molecular formula is C24H32N4O2. The van der Waals surface area contributed by atoms with Crippen LogP contribution in [-0.4, -0.2) is 22.8 Å². The number of hydrogen-bond donors (Lipinski definition) is 3. The molecule has 30 heavy (non-hydrogen) atoms. The highest BCUT2D eigenvalue weighted by molar-refractivity contribution is 5.88. The second kappa shape index (κ2) is 10.2. The van der Waals surface area contributed by atoms with E-state index < -0.39 is 6.04 Å². The van der Waals surface area contributed by atoms with Gasteiger partial charge in [0.15, 0.2) is 0 Å². The van der Waals surface area contributed by atoms with E-state index >= 15 is 0 Å². The summed E-state index contributed by atoms with van der Waals surface area (Å²) in [6.07, 6.45) is 4.99. The first-order valence-electron chi connectivity index (χ1n) is 10.8. The zero-order chi connectivity index (χ0) is 21.5. The van der Waals surface area contributed by atoms with Crippen LogP contribution in [0.3, 0.4) is 0 Å². The summed E-state index contributed by atoms with van der Waals surface area (Å²) in [4.78, 5) is 29.4. The van der Waals surface area contributed by atoms with E-state index in [-0.39, 0.29) is 17.7 Å². The first-order valence-corrected chi connectivity index (χ1v) is 10.8. The molecule has 1 aliphatic rings. The molecule has 0 radical (unpaired) electrons. The first kappa shape index (κ1) is 21.8. The Morgan fingerprint density at radius 2 is 1.93 bits per heavy atom. The molecule has 1 aromatic carbocycles. The number of aryl methyl sites for hydroxylation is 1. The summed E-state index contributed by atoms with van der Waals surface area (Å²) in [5, 5.41) is 5.78. The van der Waals surface area contributed by atoms with E-state index in [2.05, 4.69) is 39.9 Å². The zero-order valence-electron chi connectivity index (χ0n) is 17.9. The van der Waals surface area contributed by atoms with Crippen molar-refractivity contribution in [2.75, 3.05) is 5.73 Å². The van der Waals surface area contributed by atoms with Gasteiger partial charge in [-0.2, -0.15) is 0 Å². The molecule has 6 heteroatoms. The molecule has 0 bridgehead atoms. The van der Waals surface area contributed by atoms with Crippen LogP contribution >= 0.6 is 0 Å². The number of rotatable bonds is 7. The number of anilines is 1. The predicted molar refractivity (Wildman–Crippen MR) is 118 cm³/mol. The van der Waals surface area contributed by atoms with Crippen LogP contribution < -0.4 is 16.4 Å². The van der Waals surface area contributed by atoms with Crippen molar-refractivity contribution in [1.29, 1.82) is 0 Å². The monoisotopic (exact) mass is 408 g/mol. The minimum absolute atomic E-state index is 0.0132. The van der Waals surface area contributed by atoms with Gasteiger partial charge in [-0.05, 0) is 56.2 Å². The number of nitrogens with one attached hydrogen (secondary N) is 2. The number of carbonyl (C=O) groups is 2. The van der Waals surface area contributed by atoms with Crippen LogP contribution in [-0.2, 0) is 22.6 Å². The zero-order valence-corrected chi connectivity index (χ0v) is 17.9. The lowest BCUT2D eigenvalue weighted by molar-refractivity contribution is -0.131. The van der Waals surface area contributed by atoms with E-state index in [1.807, 2.05) is 19.1 Å². The van der Waals surface area contributed by atoms with Crippen LogP contribution in [0.1, 0.15) is 49.4 Å². The van der Waals surface area contributed by atoms with E-state index in [1.54, 1.807) is 13.0 Å². The molecule has 0 unspecified atom stereocenters. The van der Waals surface area contributed by atoms with Gasteiger partial charge in [-0.1, -0.05) is 49.2 Å². The third-order valence-electron chi connectivity index (χ3n) is 5.94. The summed E-state index contributed by atoms with van der Waals surface area (Å²) >= 11 is 0. The molecule has 2 aromatic rings. The largest absolute Gasteiger partial charge is 0.384 e. The topological polar surface area (TPSA) is 97.1 Å². The van der Waals surface area contributed by atoms with Gasteiger partial charge in [0.05, 0.1) is 0 Å². The lowest BCUT2D eigenvalue weighted by Gasteiger charge is -2.29. The van der Waals surface area contributed by atoms with Crippen molar-refractivity contribution in [3.63, 3.8) is 0 Å². The van der Waals surface area contributed by atoms with Crippen LogP contribution in [0.15, 0.2) is 42.5 Å². The summed E-state index contributed by atoms with van der Waals surface area (Å²) in [6, 6.07) is 13.4. The van der Waals surface area contributed by atoms with Gasteiger partial charge >= 0.3 is 0 Å². The normalized spacial score (nSPS) is 19.7. The molecule has 6 nitrogen and oxygen atoms in total. The molecular weight excluding hydrogens is 376 g/mol. The molecule has 0 spiro atoms. The molecule has 0 aliphatic heterocycles. The second-order valence-corrected chi connectivity index (χ2v) is 8.35. The van der Waals surface area contributed by atoms with E-state index in [9.17, 15) is 9.59 Å². The Bertz CT molecular complexity index is 869. The second-order valence-electron chi connectivity index (χ2n) is 8.35. The summed E-state index contributed by atoms with van der Waals surface area (Å²) in [7, 11) is 0. The average Bonchev–Trinajstić information content (AvgIpc) is 2.73. The number of benzene rings is 1. The highest BCUT2D eigenvalue weighted by Gasteiger charge is 2.29. The fourth-order valence-corrected chi connectivity index (χ4v) is 4.19. The Hall–Kier alpha value is -2.89. The van der Waals surface area contributed by atoms with Crippen molar-refractivity contribution in [3.8, 4) is 0 Å². The molecule has 4 N–H and O–H groups in total. The van der Waals surface area contributed by atoms with E-state index in [4.69, 9.17) is 5.73 Å². The fourth-order valence-electron chi connectivity index (χ4n) is 4.19. The number of nitrogens with zero attached hydrogens (tertiary/aromatic N) is 1. The standard InChI is InChI=1S/C24H32N4O2/c1-16-21(11-12-22(25)27-16)15-26-23(29)17(2)28-24(30)20-10-6-9-19(14-20)13-18-7-4-3-5-8-18/h3-5,7-8,11-12,17,19-20H,6,9-10,13-15H2,1-2H3,(H2,25,27)(H,26,29)(H,28,30)/t17-,19+,20+/m0/s1. The van der Waals surface area contributed by atoms with Gasteiger partial charge in [0, 0.05) is 18.2 Å². The average molecular weight is 409 g/mol. The SMILES string of the molecule is Cc1nc(N)ccc1CNC(=O)[C@H](C)NC(=O)[C@@H]1CCC[C@H](Cc2ccccc2)C1. The minimum atomic E-state index is -0.575. The number of carbonyl (C=O) groups excluding carboxylic acids is 2. The quantitative estimate of drug-likeness (QED) is 0.656. The van der Waals surface area contributed by atoms with Crippen LogP contribution in [0.25, 0.3) is 0 Å². The van der Waals surface area contributed by atoms with E-state index in [0.717, 1.165) is 43.4 Å². The third-order valence-corrected chi connectivity index (χ3v) is 5.94. The molecule has 1 heterocycles. The molecule has 160 valence electrons. The van der Waals surface area contributed by atoms with Gasteiger partial charge in [-0.3, -0.25) is 9.59 Å². The molecule has 2 amide bonds. The maximum absolute atomic E-state index is 12.8. The predicted octanol–water partition coefficient (Wildman–Crippen LogP) is 3.14. The lowest BCUT2D eigenvalue weighted by Crippen LogP contribution is -2.47. The lowest BCUT2D eigenvalue weighted by atomic mass is 9.78. The highest BCUT2D eigenvalue weighted by atomic mass is 16.2. The summed E-state index contributed by atoms with van der Waals surface area (Å²) < 4.78 is 0. The molecule has 1 aliphatic carbocycles.